The molecule has 0 aliphatic carbocycles. The number of nitrogens with one attached hydrogen (secondary N) is 1. The molecule has 84 valence electrons. The maximum Gasteiger partial charge on any atom is 0.0722 e. The molecule has 1 unspecified atom stereocenters. The summed E-state index contributed by atoms with van der Waals surface area (Å²) in [6.45, 7) is 2.90. The summed E-state index contributed by atoms with van der Waals surface area (Å²) in [5, 5.41) is 4.76. The highest BCUT2D eigenvalue weighted by molar-refractivity contribution is 6.20. The van der Waals surface area contributed by atoms with Gasteiger partial charge in [-0.1, -0.05) is 18.2 Å². The van der Waals surface area contributed by atoms with Crippen LogP contribution < -0.4 is 5.32 Å². The first-order valence-corrected chi connectivity index (χ1v) is 5.92. The van der Waals surface area contributed by atoms with Crippen LogP contribution in [-0.4, -0.2) is 16.9 Å². The number of halogens is 1. The molecule has 0 saturated carbocycles. The van der Waals surface area contributed by atoms with Gasteiger partial charge in [-0.2, -0.15) is 0 Å². The normalized spacial score (nSPS) is 12.6. The van der Waals surface area contributed by atoms with Crippen molar-refractivity contribution in [3.8, 4) is 0 Å². The number of pyridine rings is 1. The van der Waals surface area contributed by atoms with Gasteiger partial charge in [0, 0.05) is 29.2 Å². The van der Waals surface area contributed by atoms with Crippen molar-refractivity contribution in [1.82, 2.24) is 4.98 Å². The van der Waals surface area contributed by atoms with Gasteiger partial charge in [0.2, 0.25) is 0 Å². The molecule has 1 aromatic heterocycles. The summed E-state index contributed by atoms with van der Waals surface area (Å²) in [4.78, 5) is 4.32. The van der Waals surface area contributed by atoms with Crippen molar-refractivity contribution in [2.75, 3.05) is 11.9 Å². The zero-order valence-electron chi connectivity index (χ0n) is 9.28. The third-order valence-corrected chi connectivity index (χ3v) is 2.72. The third-order valence-electron chi connectivity index (χ3n) is 2.51. The van der Waals surface area contributed by atoms with Crippen LogP contribution in [-0.2, 0) is 0 Å². The Labute approximate surface area is 101 Å². The number of para-hydroxylation sites is 1. The number of aromatic nitrogens is 1. The predicted octanol–water partition coefficient (Wildman–Crippen LogP) is 3.66. The SMILES string of the molecule is CC(Cl)CCNc1ccnc2ccccc12. The van der Waals surface area contributed by atoms with Gasteiger partial charge in [0.05, 0.1) is 5.52 Å². The summed E-state index contributed by atoms with van der Waals surface area (Å²) in [5.41, 5.74) is 2.15. The monoisotopic (exact) mass is 234 g/mol. The van der Waals surface area contributed by atoms with Crippen molar-refractivity contribution in [3.05, 3.63) is 36.5 Å². The average Bonchev–Trinajstić information content (AvgIpc) is 2.29. The van der Waals surface area contributed by atoms with Gasteiger partial charge >= 0.3 is 0 Å². The Morgan fingerprint density at radius 1 is 1.31 bits per heavy atom. The van der Waals surface area contributed by atoms with E-state index < -0.39 is 0 Å². The van der Waals surface area contributed by atoms with Gasteiger partial charge in [0.25, 0.3) is 0 Å². The molecule has 0 spiro atoms. The number of hydrogen-bond acceptors (Lipinski definition) is 2. The Morgan fingerprint density at radius 2 is 2.12 bits per heavy atom. The second kappa shape index (κ2) is 5.17. The fraction of sp³-hybridized carbons (Fsp3) is 0.308. The van der Waals surface area contributed by atoms with Crippen LogP contribution in [0.2, 0.25) is 0 Å². The molecule has 16 heavy (non-hydrogen) atoms. The molecule has 1 N–H and O–H groups in total. The Hall–Kier alpha value is -1.28. The quantitative estimate of drug-likeness (QED) is 0.817. The zero-order chi connectivity index (χ0) is 11.4. The van der Waals surface area contributed by atoms with E-state index in [1.165, 1.54) is 0 Å². The molecule has 0 bridgehead atoms. The lowest BCUT2D eigenvalue weighted by molar-refractivity contribution is 0.843. The highest BCUT2D eigenvalue weighted by Crippen LogP contribution is 2.20. The van der Waals surface area contributed by atoms with Crippen molar-refractivity contribution in [2.45, 2.75) is 18.7 Å². The number of alkyl halides is 1. The van der Waals surface area contributed by atoms with Gasteiger partial charge in [-0.25, -0.2) is 0 Å². The maximum absolute atomic E-state index is 5.91. The molecule has 0 saturated heterocycles. The van der Waals surface area contributed by atoms with Crippen LogP contribution in [0.1, 0.15) is 13.3 Å². The lowest BCUT2D eigenvalue weighted by atomic mass is 10.2. The molecule has 0 aliphatic heterocycles. The van der Waals surface area contributed by atoms with Gasteiger partial charge in [-0.15, -0.1) is 11.6 Å². The molecule has 1 aromatic carbocycles. The summed E-state index contributed by atoms with van der Waals surface area (Å²) in [6, 6.07) is 10.1. The molecular weight excluding hydrogens is 220 g/mol. The van der Waals surface area contributed by atoms with Gasteiger partial charge in [0.15, 0.2) is 0 Å². The zero-order valence-corrected chi connectivity index (χ0v) is 10.0. The Bertz CT molecular complexity index is 463. The second-order valence-corrected chi connectivity index (χ2v) is 4.62. The van der Waals surface area contributed by atoms with Crippen LogP contribution in [0.15, 0.2) is 36.5 Å². The van der Waals surface area contributed by atoms with E-state index in [2.05, 4.69) is 16.4 Å². The molecular formula is C13H15ClN2. The average molecular weight is 235 g/mol. The van der Waals surface area contributed by atoms with E-state index in [4.69, 9.17) is 11.6 Å². The summed E-state index contributed by atoms with van der Waals surface area (Å²) < 4.78 is 0. The second-order valence-electron chi connectivity index (χ2n) is 3.87. The van der Waals surface area contributed by atoms with Gasteiger partial charge in [-0.3, -0.25) is 4.98 Å². The highest BCUT2D eigenvalue weighted by Gasteiger charge is 2.01. The molecule has 0 radical (unpaired) electrons. The molecule has 3 heteroatoms. The summed E-state index contributed by atoms with van der Waals surface area (Å²) >= 11 is 5.91. The van der Waals surface area contributed by atoms with Gasteiger partial charge in [0.1, 0.15) is 0 Å². The number of fused-ring (bicyclic) bond motifs is 1. The Morgan fingerprint density at radius 3 is 2.94 bits per heavy atom. The summed E-state index contributed by atoms with van der Waals surface area (Å²) in [5.74, 6) is 0. The number of nitrogens with zero attached hydrogens (tertiary/aromatic N) is 1. The van der Waals surface area contributed by atoms with E-state index in [-0.39, 0.29) is 5.38 Å². The Kier molecular flexibility index (Phi) is 3.62. The number of rotatable bonds is 4. The van der Waals surface area contributed by atoms with Crippen molar-refractivity contribution < 1.29 is 0 Å². The lowest BCUT2D eigenvalue weighted by Crippen LogP contribution is -2.06. The van der Waals surface area contributed by atoms with Crippen LogP contribution in [0.4, 0.5) is 5.69 Å². The first kappa shape index (κ1) is 11.2. The first-order valence-electron chi connectivity index (χ1n) is 5.49. The van der Waals surface area contributed by atoms with Crippen LogP contribution in [0.25, 0.3) is 10.9 Å². The minimum Gasteiger partial charge on any atom is -0.384 e. The summed E-state index contributed by atoms with van der Waals surface area (Å²) in [7, 11) is 0. The minimum atomic E-state index is 0.209. The Balaban J connectivity index is 2.17. The molecule has 2 aromatic rings. The van der Waals surface area contributed by atoms with Crippen molar-refractivity contribution in [3.63, 3.8) is 0 Å². The van der Waals surface area contributed by atoms with Crippen molar-refractivity contribution in [2.24, 2.45) is 0 Å². The van der Waals surface area contributed by atoms with Crippen LogP contribution in [0.3, 0.4) is 0 Å². The largest absolute Gasteiger partial charge is 0.384 e. The fourth-order valence-electron chi connectivity index (χ4n) is 1.66. The predicted molar refractivity (Wildman–Crippen MR) is 70.2 cm³/mol. The van der Waals surface area contributed by atoms with E-state index >= 15 is 0 Å². The van der Waals surface area contributed by atoms with E-state index in [1.807, 2.05) is 37.4 Å². The van der Waals surface area contributed by atoms with E-state index in [0.29, 0.717) is 0 Å². The summed E-state index contributed by atoms with van der Waals surface area (Å²) in [6.07, 6.45) is 2.78. The molecule has 0 aliphatic rings. The molecule has 2 rings (SSSR count). The van der Waals surface area contributed by atoms with E-state index in [9.17, 15) is 0 Å². The molecule has 1 atom stereocenters. The fourth-order valence-corrected chi connectivity index (χ4v) is 1.76. The molecule has 2 nitrogen and oxygen atoms in total. The van der Waals surface area contributed by atoms with E-state index in [1.54, 1.807) is 0 Å². The van der Waals surface area contributed by atoms with Crippen LogP contribution >= 0.6 is 11.6 Å². The standard InChI is InChI=1S/C13H15ClN2/c1-10(14)6-8-15-13-7-9-16-12-5-3-2-4-11(12)13/h2-5,7,9-10H,6,8H2,1H3,(H,15,16). The first-order chi connectivity index (χ1) is 7.77. The maximum atomic E-state index is 5.91. The number of benzene rings is 1. The molecule has 0 amide bonds. The van der Waals surface area contributed by atoms with Crippen molar-refractivity contribution >= 4 is 28.2 Å². The van der Waals surface area contributed by atoms with Crippen LogP contribution in [0.5, 0.6) is 0 Å². The highest BCUT2D eigenvalue weighted by atomic mass is 35.5. The number of hydrogen-bond donors (Lipinski definition) is 1. The lowest BCUT2D eigenvalue weighted by Gasteiger charge is -2.09. The van der Waals surface area contributed by atoms with E-state index in [0.717, 1.165) is 29.6 Å². The number of anilines is 1. The topological polar surface area (TPSA) is 24.9 Å². The van der Waals surface area contributed by atoms with Crippen molar-refractivity contribution in [1.29, 1.82) is 0 Å². The minimum absolute atomic E-state index is 0.209. The smallest absolute Gasteiger partial charge is 0.0722 e. The third kappa shape index (κ3) is 2.64. The van der Waals surface area contributed by atoms with Crippen LogP contribution in [0, 0.1) is 0 Å². The van der Waals surface area contributed by atoms with Gasteiger partial charge in [-0.05, 0) is 25.5 Å². The molecule has 1 heterocycles. The van der Waals surface area contributed by atoms with Gasteiger partial charge < -0.3 is 5.32 Å². The molecule has 0 fully saturated rings.